The van der Waals surface area contributed by atoms with Gasteiger partial charge in [-0.2, -0.15) is 0 Å². The SMILES string of the molecule is COC(=O)[C@@H]1c2c(C=O)ccc(OC)c2O[C@@H]1c1ccccc1. The van der Waals surface area contributed by atoms with Crippen molar-refractivity contribution in [1.29, 1.82) is 0 Å². The van der Waals surface area contributed by atoms with Gasteiger partial charge in [-0.05, 0) is 17.7 Å². The normalized spacial score (nSPS) is 18.7. The van der Waals surface area contributed by atoms with E-state index in [4.69, 9.17) is 14.2 Å². The molecule has 0 aromatic heterocycles. The van der Waals surface area contributed by atoms with Crippen LogP contribution < -0.4 is 9.47 Å². The summed E-state index contributed by atoms with van der Waals surface area (Å²) in [5.74, 6) is -0.263. The summed E-state index contributed by atoms with van der Waals surface area (Å²) >= 11 is 0. The second kappa shape index (κ2) is 6.12. The molecule has 5 nitrogen and oxygen atoms in total. The molecule has 0 amide bonds. The Morgan fingerprint density at radius 3 is 2.48 bits per heavy atom. The lowest BCUT2D eigenvalue weighted by atomic mass is 9.88. The number of rotatable bonds is 4. The van der Waals surface area contributed by atoms with Crippen molar-refractivity contribution in [3.8, 4) is 11.5 Å². The lowest BCUT2D eigenvalue weighted by Crippen LogP contribution is -2.20. The van der Waals surface area contributed by atoms with Crippen LogP contribution in [0.2, 0.25) is 0 Å². The second-order valence-electron chi connectivity index (χ2n) is 5.17. The van der Waals surface area contributed by atoms with Gasteiger partial charge in [0, 0.05) is 11.1 Å². The van der Waals surface area contributed by atoms with Crippen LogP contribution in [0.4, 0.5) is 0 Å². The standard InChI is InChI=1S/C18H16O5/c1-21-13-9-8-12(10-19)14-15(18(20)22-2)16(23-17(13)14)11-6-4-3-5-7-11/h3-10,15-16H,1-2H3/t15-,16-/m1/s1. The Morgan fingerprint density at radius 2 is 1.87 bits per heavy atom. The quantitative estimate of drug-likeness (QED) is 0.641. The Morgan fingerprint density at radius 1 is 1.13 bits per heavy atom. The summed E-state index contributed by atoms with van der Waals surface area (Å²) < 4.78 is 16.3. The predicted octanol–water partition coefficient (Wildman–Crippen LogP) is 2.90. The molecule has 0 spiro atoms. The van der Waals surface area contributed by atoms with Crippen LogP contribution in [-0.4, -0.2) is 26.5 Å². The van der Waals surface area contributed by atoms with Crippen molar-refractivity contribution in [3.05, 3.63) is 59.2 Å². The second-order valence-corrected chi connectivity index (χ2v) is 5.17. The fourth-order valence-corrected chi connectivity index (χ4v) is 2.92. The monoisotopic (exact) mass is 312 g/mol. The molecule has 3 rings (SSSR count). The summed E-state index contributed by atoms with van der Waals surface area (Å²) in [5, 5.41) is 0. The number of hydrogen-bond donors (Lipinski definition) is 0. The molecule has 1 heterocycles. The zero-order chi connectivity index (χ0) is 16.4. The van der Waals surface area contributed by atoms with Crippen molar-refractivity contribution in [2.75, 3.05) is 14.2 Å². The number of ether oxygens (including phenoxy) is 3. The molecule has 1 aliphatic heterocycles. The molecule has 23 heavy (non-hydrogen) atoms. The third-order valence-electron chi connectivity index (χ3n) is 3.98. The van der Waals surface area contributed by atoms with E-state index < -0.39 is 18.0 Å². The number of esters is 1. The lowest BCUT2D eigenvalue weighted by Gasteiger charge is -2.17. The van der Waals surface area contributed by atoms with Crippen LogP contribution in [0.3, 0.4) is 0 Å². The van der Waals surface area contributed by atoms with E-state index >= 15 is 0 Å². The molecule has 0 fully saturated rings. The number of benzene rings is 2. The highest BCUT2D eigenvalue weighted by molar-refractivity contribution is 5.89. The molecular formula is C18H16O5. The molecule has 2 atom stereocenters. The first kappa shape index (κ1) is 15.1. The zero-order valence-electron chi connectivity index (χ0n) is 12.8. The van der Waals surface area contributed by atoms with E-state index in [1.54, 1.807) is 12.1 Å². The highest BCUT2D eigenvalue weighted by atomic mass is 16.5. The summed E-state index contributed by atoms with van der Waals surface area (Å²) in [7, 11) is 2.84. The highest BCUT2D eigenvalue weighted by Crippen LogP contribution is 2.51. The molecule has 0 unspecified atom stereocenters. The molecule has 0 saturated carbocycles. The Balaban J connectivity index is 2.19. The number of hydrogen-bond acceptors (Lipinski definition) is 5. The summed E-state index contributed by atoms with van der Waals surface area (Å²) in [5.41, 5.74) is 1.74. The van der Waals surface area contributed by atoms with E-state index in [0.29, 0.717) is 28.9 Å². The van der Waals surface area contributed by atoms with Gasteiger partial charge in [-0.3, -0.25) is 9.59 Å². The van der Waals surface area contributed by atoms with Crippen LogP contribution in [0.15, 0.2) is 42.5 Å². The minimum atomic E-state index is -0.715. The molecule has 0 radical (unpaired) electrons. The Hall–Kier alpha value is -2.82. The van der Waals surface area contributed by atoms with Crippen molar-refractivity contribution in [3.63, 3.8) is 0 Å². The molecular weight excluding hydrogens is 296 g/mol. The van der Waals surface area contributed by atoms with E-state index in [1.807, 2.05) is 30.3 Å². The van der Waals surface area contributed by atoms with Gasteiger partial charge >= 0.3 is 5.97 Å². The lowest BCUT2D eigenvalue weighted by molar-refractivity contribution is -0.144. The topological polar surface area (TPSA) is 61.8 Å². The van der Waals surface area contributed by atoms with Gasteiger partial charge in [-0.1, -0.05) is 30.3 Å². The van der Waals surface area contributed by atoms with E-state index in [9.17, 15) is 9.59 Å². The van der Waals surface area contributed by atoms with Crippen LogP contribution >= 0.6 is 0 Å². The number of carbonyl (C=O) groups is 2. The van der Waals surface area contributed by atoms with Crippen LogP contribution in [-0.2, 0) is 9.53 Å². The fourth-order valence-electron chi connectivity index (χ4n) is 2.92. The maximum Gasteiger partial charge on any atom is 0.317 e. The smallest absolute Gasteiger partial charge is 0.317 e. The molecule has 118 valence electrons. The van der Waals surface area contributed by atoms with E-state index in [1.165, 1.54) is 14.2 Å². The summed E-state index contributed by atoms with van der Waals surface area (Å²) in [6.07, 6.45) is 0.152. The van der Waals surface area contributed by atoms with Gasteiger partial charge in [0.2, 0.25) is 0 Å². The van der Waals surface area contributed by atoms with Crippen molar-refractivity contribution in [2.45, 2.75) is 12.0 Å². The van der Waals surface area contributed by atoms with Gasteiger partial charge in [0.15, 0.2) is 11.5 Å². The third-order valence-corrected chi connectivity index (χ3v) is 3.98. The van der Waals surface area contributed by atoms with Gasteiger partial charge in [-0.25, -0.2) is 0 Å². The molecule has 0 aliphatic carbocycles. The minimum Gasteiger partial charge on any atom is -0.493 e. The van der Waals surface area contributed by atoms with E-state index in [0.717, 1.165) is 5.56 Å². The number of carbonyl (C=O) groups excluding carboxylic acids is 2. The van der Waals surface area contributed by atoms with Crippen molar-refractivity contribution in [1.82, 2.24) is 0 Å². The molecule has 1 aliphatic rings. The summed E-state index contributed by atoms with van der Waals surface area (Å²) in [6.45, 7) is 0. The van der Waals surface area contributed by atoms with Crippen molar-refractivity contribution >= 4 is 12.3 Å². The van der Waals surface area contributed by atoms with Crippen LogP contribution in [0.25, 0.3) is 0 Å². The highest BCUT2D eigenvalue weighted by Gasteiger charge is 2.44. The van der Waals surface area contributed by atoms with Gasteiger partial charge < -0.3 is 14.2 Å². The first-order valence-corrected chi connectivity index (χ1v) is 7.16. The summed E-state index contributed by atoms with van der Waals surface area (Å²) in [4.78, 5) is 23.8. The largest absolute Gasteiger partial charge is 0.493 e. The first-order valence-electron chi connectivity index (χ1n) is 7.16. The van der Waals surface area contributed by atoms with Gasteiger partial charge in [0.05, 0.1) is 14.2 Å². The van der Waals surface area contributed by atoms with Gasteiger partial charge in [-0.15, -0.1) is 0 Å². The predicted molar refractivity (Wildman–Crippen MR) is 82.9 cm³/mol. The van der Waals surface area contributed by atoms with Crippen LogP contribution in [0, 0.1) is 0 Å². The maximum atomic E-state index is 12.4. The third kappa shape index (κ3) is 2.44. The molecule has 5 heteroatoms. The Labute approximate surface area is 133 Å². The summed E-state index contributed by atoms with van der Waals surface area (Å²) in [6, 6.07) is 12.7. The molecule has 0 N–H and O–H groups in total. The number of fused-ring (bicyclic) bond motifs is 1. The maximum absolute atomic E-state index is 12.4. The van der Waals surface area contributed by atoms with Gasteiger partial charge in [0.25, 0.3) is 0 Å². The molecule has 2 aromatic carbocycles. The number of aldehydes is 1. The average Bonchev–Trinajstić information content (AvgIpc) is 3.01. The minimum absolute atomic E-state index is 0.398. The van der Waals surface area contributed by atoms with Crippen molar-refractivity contribution < 1.29 is 23.8 Å². The Kier molecular flexibility index (Phi) is 4.02. The zero-order valence-corrected chi connectivity index (χ0v) is 12.8. The molecule has 0 bridgehead atoms. The fraction of sp³-hybridized carbons (Fsp3) is 0.222. The van der Waals surface area contributed by atoms with E-state index in [2.05, 4.69) is 0 Å². The average molecular weight is 312 g/mol. The molecule has 2 aromatic rings. The van der Waals surface area contributed by atoms with E-state index in [-0.39, 0.29) is 0 Å². The molecule has 0 saturated heterocycles. The number of methoxy groups -OCH3 is 2. The van der Waals surface area contributed by atoms with Crippen molar-refractivity contribution in [2.24, 2.45) is 0 Å². The van der Waals surface area contributed by atoms with Gasteiger partial charge in [0.1, 0.15) is 18.3 Å². The van der Waals surface area contributed by atoms with Crippen LogP contribution in [0.1, 0.15) is 33.5 Å². The first-order chi connectivity index (χ1) is 11.2. The Bertz CT molecular complexity index is 739. The van der Waals surface area contributed by atoms with Crippen LogP contribution in [0.5, 0.6) is 11.5 Å².